The average Bonchev–Trinajstić information content (AvgIpc) is 4.02. The van der Waals surface area contributed by atoms with Crippen molar-refractivity contribution in [1.29, 1.82) is 0 Å². The number of ether oxygens (including phenoxy) is 3. The molecule has 6 rings (SSSR count). The third kappa shape index (κ3) is 8.42. The normalized spacial score (nSPS) is 29.8. The van der Waals surface area contributed by atoms with Crippen molar-refractivity contribution >= 4 is 44.6 Å². The van der Waals surface area contributed by atoms with Crippen molar-refractivity contribution in [2.75, 3.05) is 13.7 Å². The zero-order valence-corrected chi connectivity index (χ0v) is 32.3. The molecule has 2 aliphatic carbocycles. The van der Waals surface area contributed by atoms with Crippen LogP contribution in [0.1, 0.15) is 79.6 Å². The summed E-state index contributed by atoms with van der Waals surface area (Å²) in [5.74, 6) is -3.27. The van der Waals surface area contributed by atoms with E-state index in [4.69, 9.17) is 14.2 Å². The molecule has 1 aromatic carbocycles. The topological polar surface area (TPSA) is 182 Å². The number of hydrogen-bond donors (Lipinski definition) is 3. The number of carbonyl (C=O) groups excluding carboxylic acids is 4. The predicted molar refractivity (Wildman–Crippen MR) is 196 cm³/mol. The highest BCUT2D eigenvalue weighted by Crippen LogP contribution is 2.46. The minimum Gasteiger partial charge on any atom is -0.494 e. The van der Waals surface area contributed by atoms with Crippen molar-refractivity contribution in [1.82, 2.24) is 25.2 Å². The highest BCUT2D eigenvalue weighted by molar-refractivity contribution is 7.91. The van der Waals surface area contributed by atoms with Crippen LogP contribution in [0.25, 0.3) is 10.8 Å². The second kappa shape index (κ2) is 15.0. The Kier molecular flexibility index (Phi) is 10.9. The molecule has 14 nitrogen and oxygen atoms in total. The number of aromatic nitrogens is 1. The Morgan fingerprint density at radius 2 is 1.81 bits per heavy atom. The van der Waals surface area contributed by atoms with E-state index in [1.807, 2.05) is 19.1 Å². The number of fused-ring (bicyclic) bond motifs is 3. The molecular weight excluding hydrogens is 722 g/mol. The SMILES string of the molecule is COc1ccc2c(O[C@@H]3C[C@H]4C(=O)N[C@]5(C(=O)NS(=O)(=O)C6CC6)C[C@H]5/C=C\CC[C@H](C)C[C@@H](C)[C@H](NC(=O)OC(C)(C)C)C(=O)N4C3)nccc2c1F. The Labute approximate surface area is 315 Å². The molecule has 0 unspecified atom stereocenters. The second-order valence-electron chi connectivity index (χ2n) is 16.2. The van der Waals surface area contributed by atoms with Crippen molar-refractivity contribution < 1.29 is 46.2 Å². The van der Waals surface area contributed by atoms with Gasteiger partial charge in [0, 0.05) is 29.3 Å². The Morgan fingerprint density at radius 3 is 2.50 bits per heavy atom. The molecule has 54 heavy (non-hydrogen) atoms. The highest BCUT2D eigenvalue weighted by Gasteiger charge is 2.62. The summed E-state index contributed by atoms with van der Waals surface area (Å²) >= 11 is 0. The van der Waals surface area contributed by atoms with Gasteiger partial charge in [-0.05, 0) is 89.3 Å². The monoisotopic (exact) mass is 771 g/mol. The number of amides is 4. The molecule has 3 heterocycles. The molecule has 0 bridgehead atoms. The molecule has 294 valence electrons. The van der Waals surface area contributed by atoms with E-state index in [1.165, 1.54) is 30.3 Å². The summed E-state index contributed by atoms with van der Waals surface area (Å²) in [6, 6.07) is 2.25. The molecule has 7 atom stereocenters. The van der Waals surface area contributed by atoms with Crippen LogP contribution in [0.3, 0.4) is 0 Å². The second-order valence-corrected chi connectivity index (χ2v) is 18.1. The van der Waals surface area contributed by atoms with Gasteiger partial charge >= 0.3 is 6.09 Å². The van der Waals surface area contributed by atoms with Gasteiger partial charge in [-0.1, -0.05) is 26.0 Å². The first-order valence-corrected chi connectivity index (χ1v) is 20.1. The fraction of sp³-hybridized carbons (Fsp3) is 0.605. The first kappa shape index (κ1) is 39.2. The fourth-order valence-corrected chi connectivity index (χ4v) is 8.88. The number of halogens is 1. The Morgan fingerprint density at radius 1 is 1.07 bits per heavy atom. The number of nitrogens with zero attached hydrogens (tertiary/aromatic N) is 2. The molecule has 1 saturated heterocycles. The lowest BCUT2D eigenvalue weighted by Gasteiger charge is -2.33. The molecule has 2 saturated carbocycles. The van der Waals surface area contributed by atoms with Crippen LogP contribution in [0.2, 0.25) is 0 Å². The van der Waals surface area contributed by atoms with Crippen LogP contribution >= 0.6 is 0 Å². The molecule has 2 aliphatic heterocycles. The van der Waals surface area contributed by atoms with E-state index < -0.39 is 80.2 Å². The third-order valence-electron chi connectivity index (χ3n) is 10.6. The van der Waals surface area contributed by atoms with Gasteiger partial charge in [0.2, 0.25) is 27.7 Å². The van der Waals surface area contributed by atoms with Crippen LogP contribution in [0.5, 0.6) is 11.6 Å². The summed E-state index contributed by atoms with van der Waals surface area (Å²) in [6.45, 7) is 8.94. The summed E-state index contributed by atoms with van der Waals surface area (Å²) in [4.78, 5) is 61.7. The van der Waals surface area contributed by atoms with Gasteiger partial charge < -0.3 is 29.7 Å². The van der Waals surface area contributed by atoms with Gasteiger partial charge in [0.15, 0.2) is 11.6 Å². The molecule has 3 fully saturated rings. The first-order chi connectivity index (χ1) is 25.4. The lowest BCUT2D eigenvalue weighted by atomic mass is 9.88. The van der Waals surface area contributed by atoms with Crippen LogP contribution in [0.4, 0.5) is 9.18 Å². The van der Waals surface area contributed by atoms with E-state index in [-0.39, 0.29) is 48.2 Å². The zero-order valence-electron chi connectivity index (χ0n) is 31.5. The highest BCUT2D eigenvalue weighted by atomic mass is 32.2. The number of benzene rings is 1. The average molecular weight is 772 g/mol. The van der Waals surface area contributed by atoms with Crippen LogP contribution in [0, 0.1) is 23.6 Å². The Bertz CT molecular complexity index is 1950. The van der Waals surface area contributed by atoms with Crippen LogP contribution < -0.4 is 24.8 Å². The molecule has 16 heteroatoms. The first-order valence-electron chi connectivity index (χ1n) is 18.5. The van der Waals surface area contributed by atoms with Gasteiger partial charge in [0.1, 0.15) is 29.3 Å². The Balaban J connectivity index is 1.35. The third-order valence-corrected chi connectivity index (χ3v) is 12.4. The van der Waals surface area contributed by atoms with Crippen molar-refractivity contribution in [2.45, 2.75) is 114 Å². The number of rotatable bonds is 7. The molecule has 3 N–H and O–H groups in total. The lowest BCUT2D eigenvalue weighted by Crippen LogP contribution is -2.59. The summed E-state index contributed by atoms with van der Waals surface area (Å²) in [5.41, 5.74) is -2.40. The van der Waals surface area contributed by atoms with Gasteiger partial charge in [-0.3, -0.25) is 19.1 Å². The van der Waals surface area contributed by atoms with Gasteiger partial charge in [-0.2, -0.15) is 0 Å². The number of sulfonamides is 1. The van der Waals surface area contributed by atoms with Gasteiger partial charge in [0.05, 0.1) is 18.9 Å². The number of nitrogens with one attached hydrogen (secondary N) is 3. The number of hydrogen-bond acceptors (Lipinski definition) is 10. The number of alkyl carbamates (subject to hydrolysis) is 1. The number of pyridine rings is 1. The van der Waals surface area contributed by atoms with E-state index in [9.17, 15) is 27.6 Å². The maximum Gasteiger partial charge on any atom is 0.408 e. The molecule has 1 aromatic heterocycles. The van der Waals surface area contributed by atoms with E-state index >= 15 is 4.39 Å². The summed E-state index contributed by atoms with van der Waals surface area (Å²) in [5, 5.41) is 5.51. The van der Waals surface area contributed by atoms with Crippen molar-refractivity contribution in [3.8, 4) is 11.6 Å². The van der Waals surface area contributed by atoms with Crippen molar-refractivity contribution in [3.05, 3.63) is 42.4 Å². The standard InChI is InChI=1S/C38H50FN5O9S/c1-21-9-7-8-10-23-19-38(23,35(47)43-54(49,50)25-11-12-25)42-32(45)28-18-24(52-33-27-13-14-29(51-6)30(39)26(27)15-16-40-33)20-44(28)34(46)31(22(2)17-21)41-36(48)53-37(3,4)5/h8,10,13-16,21-25,28,31H,7,9,11-12,17-20H2,1-6H3,(H,41,48)(H,42,45)(H,43,47)/b10-8-/t21-,22+,23+,24+,28-,31-,38+/m0/s1. The molecular formula is C38H50FN5O9S. The van der Waals surface area contributed by atoms with E-state index in [1.54, 1.807) is 26.8 Å². The largest absolute Gasteiger partial charge is 0.494 e. The van der Waals surface area contributed by atoms with Gasteiger partial charge in [-0.25, -0.2) is 22.6 Å². The van der Waals surface area contributed by atoms with E-state index in [2.05, 4.69) is 27.3 Å². The molecule has 4 amide bonds. The van der Waals surface area contributed by atoms with Crippen LogP contribution in [-0.4, -0.2) is 90.3 Å². The van der Waals surface area contributed by atoms with Crippen LogP contribution in [0.15, 0.2) is 36.5 Å². The van der Waals surface area contributed by atoms with Gasteiger partial charge in [-0.15, -0.1) is 0 Å². The number of allylic oxidation sites excluding steroid dienone is 1. The minimum atomic E-state index is -3.92. The quantitative estimate of drug-likeness (QED) is 0.347. The molecule has 0 radical (unpaired) electrons. The van der Waals surface area contributed by atoms with E-state index in [0.29, 0.717) is 31.1 Å². The molecule has 0 spiro atoms. The smallest absolute Gasteiger partial charge is 0.408 e. The predicted octanol–water partition coefficient (Wildman–Crippen LogP) is 4.12. The summed E-state index contributed by atoms with van der Waals surface area (Å²) < 4.78 is 60.1. The van der Waals surface area contributed by atoms with Crippen molar-refractivity contribution in [2.24, 2.45) is 17.8 Å². The maximum absolute atomic E-state index is 15.2. The maximum atomic E-state index is 15.2. The number of carbonyl (C=O) groups is 4. The summed E-state index contributed by atoms with van der Waals surface area (Å²) in [6.07, 6.45) is 6.54. The molecule has 2 aromatic rings. The van der Waals surface area contributed by atoms with Crippen LogP contribution in [-0.2, 0) is 29.1 Å². The number of methoxy groups -OCH3 is 1. The molecule has 4 aliphatic rings. The van der Waals surface area contributed by atoms with E-state index in [0.717, 1.165) is 6.42 Å². The van der Waals surface area contributed by atoms with Crippen molar-refractivity contribution in [3.63, 3.8) is 0 Å². The minimum absolute atomic E-state index is 0.0387. The lowest BCUT2D eigenvalue weighted by molar-refractivity contribution is -0.142. The summed E-state index contributed by atoms with van der Waals surface area (Å²) in [7, 11) is -2.57. The zero-order chi connectivity index (χ0) is 39.2. The van der Waals surface area contributed by atoms with Gasteiger partial charge in [0.25, 0.3) is 5.91 Å². The fourth-order valence-electron chi connectivity index (χ4n) is 7.51. The Hall–Kier alpha value is -4.47.